The number of halogens is 3. The topological polar surface area (TPSA) is 71.7 Å². The molecule has 0 atom stereocenters. The van der Waals surface area contributed by atoms with Crippen LogP contribution in [0.2, 0.25) is 0 Å². The first kappa shape index (κ1) is 16.7. The minimum Gasteiger partial charge on any atom is -0.405 e. The standard InChI is InChI=1S/C14H15F3N4O2/c1-18-13(20-9-11-6-7-22-21-11)19-8-10-4-2-3-5-12(10)23-14(15,16)17/h2-7H,8-9H2,1H3,(H2,18,19,20). The number of rotatable bonds is 5. The number of nitrogens with one attached hydrogen (secondary N) is 2. The smallest absolute Gasteiger partial charge is 0.405 e. The Morgan fingerprint density at radius 2 is 1.96 bits per heavy atom. The Hall–Kier alpha value is -2.71. The monoisotopic (exact) mass is 328 g/mol. The first-order valence-electron chi connectivity index (χ1n) is 6.65. The van der Waals surface area contributed by atoms with Crippen LogP contribution in [-0.2, 0) is 13.1 Å². The van der Waals surface area contributed by atoms with Crippen molar-refractivity contribution < 1.29 is 22.4 Å². The summed E-state index contributed by atoms with van der Waals surface area (Å²) in [5, 5.41) is 9.60. The molecule has 2 aromatic rings. The third kappa shape index (κ3) is 5.53. The lowest BCUT2D eigenvalue weighted by Gasteiger charge is -2.15. The molecule has 1 heterocycles. The van der Waals surface area contributed by atoms with Crippen LogP contribution in [0.25, 0.3) is 0 Å². The molecule has 0 aliphatic heterocycles. The summed E-state index contributed by atoms with van der Waals surface area (Å²) in [5.41, 5.74) is 1.03. The van der Waals surface area contributed by atoms with Crippen molar-refractivity contribution in [2.24, 2.45) is 4.99 Å². The molecular formula is C14H15F3N4O2. The zero-order valence-electron chi connectivity index (χ0n) is 12.2. The van der Waals surface area contributed by atoms with Gasteiger partial charge in [-0.15, -0.1) is 13.2 Å². The minimum absolute atomic E-state index is 0.116. The Bertz CT molecular complexity index is 642. The minimum atomic E-state index is -4.73. The van der Waals surface area contributed by atoms with Crippen molar-refractivity contribution in [3.05, 3.63) is 47.9 Å². The zero-order valence-corrected chi connectivity index (χ0v) is 12.2. The van der Waals surface area contributed by atoms with Crippen LogP contribution >= 0.6 is 0 Å². The van der Waals surface area contributed by atoms with Crippen molar-refractivity contribution in [1.29, 1.82) is 0 Å². The van der Waals surface area contributed by atoms with Gasteiger partial charge in [-0.25, -0.2) is 0 Å². The van der Waals surface area contributed by atoms with Gasteiger partial charge in [0.1, 0.15) is 17.7 Å². The SMILES string of the molecule is CN=C(NCc1ccon1)NCc1ccccc1OC(F)(F)F. The van der Waals surface area contributed by atoms with E-state index >= 15 is 0 Å². The van der Waals surface area contributed by atoms with Crippen molar-refractivity contribution in [3.63, 3.8) is 0 Å². The number of alkyl halides is 3. The molecule has 2 rings (SSSR count). The van der Waals surface area contributed by atoms with E-state index in [4.69, 9.17) is 4.52 Å². The van der Waals surface area contributed by atoms with Gasteiger partial charge in [0.2, 0.25) is 0 Å². The molecule has 0 saturated heterocycles. The Kier molecular flexibility index (Phi) is 5.45. The van der Waals surface area contributed by atoms with E-state index in [9.17, 15) is 13.2 Å². The van der Waals surface area contributed by atoms with Crippen LogP contribution in [0.4, 0.5) is 13.2 Å². The Balaban J connectivity index is 1.93. The summed E-state index contributed by atoms with van der Waals surface area (Å²) in [4.78, 5) is 3.98. The van der Waals surface area contributed by atoms with E-state index in [1.807, 2.05) is 0 Å². The molecule has 0 bridgehead atoms. The highest BCUT2D eigenvalue weighted by Crippen LogP contribution is 2.25. The van der Waals surface area contributed by atoms with E-state index in [0.29, 0.717) is 23.8 Å². The maximum absolute atomic E-state index is 12.4. The average molecular weight is 328 g/mol. The highest BCUT2D eigenvalue weighted by molar-refractivity contribution is 5.79. The largest absolute Gasteiger partial charge is 0.573 e. The van der Waals surface area contributed by atoms with Gasteiger partial charge in [0, 0.05) is 25.2 Å². The fourth-order valence-electron chi connectivity index (χ4n) is 1.78. The van der Waals surface area contributed by atoms with Crippen LogP contribution in [0, 0.1) is 0 Å². The summed E-state index contributed by atoms with van der Waals surface area (Å²) in [5.74, 6) is 0.161. The second-order valence-corrected chi connectivity index (χ2v) is 4.43. The van der Waals surface area contributed by atoms with E-state index in [2.05, 4.69) is 25.5 Å². The van der Waals surface area contributed by atoms with Crippen LogP contribution in [-0.4, -0.2) is 24.5 Å². The summed E-state index contributed by atoms with van der Waals surface area (Å²) in [6.45, 7) is 0.488. The Morgan fingerprint density at radius 1 is 1.22 bits per heavy atom. The van der Waals surface area contributed by atoms with Crippen LogP contribution in [0.1, 0.15) is 11.3 Å². The lowest BCUT2D eigenvalue weighted by Crippen LogP contribution is -2.36. The maximum atomic E-state index is 12.4. The van der Waals surface area contributed by atoms with E-state index in [1.54, 1.807) is 25.2 Å². The normalized spacial score (nSPS) is 12.1. The van der Waals surface area contributed by atoms with Crippen molar-refractivity contribution in [3.8, 4) is 5.75 Å². The number of aromatic nitrogens is 1. The number of benzene rings is 1. The molecule has 0 fully saturated rings. The first-order valence-corrected chi connectivity index (χ1v) is 6.65. The fraction of sp³-hybridized carbons (Fsp3) is 0.286. The lowest BCUT2D eigenvalue weighted by molar-refractivity contribution is -0.274. The summed E-state index contributed by atoms with van der Waals surface area (Å²) in [7, 11) is 1.55. The molecule has 1 aromatic carbocycles. The molecule has 23 heavy (non-hydrogen) atoms. The first-order chi connectivity index (χ1) is 11.0. The number of ether oxygens (including phenoxy) is 1. The van der Waals surface area contributed by atoms with Gasteiger partial charge in [-0.1, -0.05) is 23.4 Å². The van der Waals surface area contributed by atoms with Gasteiger partial charge in [0.25, 0.3) is 0 Å². The van der Waals surface area contributed by atoms with Crippen LogP contribution < -0.4 is 15.4 Å². The highest BCUT2D eigenvalue weighted by Gasteiger charge is 2.31. The highest BCUT2D eigenvalue weighted by atomic mass is 19.4. The molecule has 0 aliphatic carbocycles. The third-order valence-electron chi connectivity index (χ3n) is 2.80. The molecule has 0 radical (unpaired) electrons. The second kappa shape index (κ2) is 7.52. The summed E-state index contributed by atoms with van der Waals surface area (Å²) < 4.78 is 45.8. The van der Waals surface area contributed by atoms with Crippen molar-refractivity contribution in [2.75, 3.05) is 7.05 Å². The van der Waals surface area contributed by atoms with Gasteiger partial charge < -0.3 is 19.9 Å². The molecular weight excluding hydrogens is 313 g/mol. The molecule has 2 N–H and O–H groups in total. The molecule has 0 spiro atoms. The third-order valence-corrected chi connectivity index (χ3v) is 2.80. The molecule has 6 nitrogen and oxygen atoms in total. The van der Waals surface area contributed by atoms with Gasteiger partial charge in [-0.05, 0) is 6.07 Å². The molecule has 124 valence electrons. The van der Waals surface area contributed by atoms with Gasteiger partial charge in [-0.2, -0.15) is 0 Å². The van der Waals surface area contributed by atoms with Crippen LogP contribution in [0.15, 0.2) is 46.1 Å². The van der Waals surface area contributed by atoms with Crippen LogP contribution in [0.5, 0.6) is 5.75 Å². The lowest BCUT2D eigenvalue weighted by atomic mass is 10.2. The van der Waals surface area contributed by atoms with Crippen molar-refractivity contribution in [2.45, 2.75) is 19.5 Å². The summed E-state index contributed by atoms with van der Waals surface area (Å²) in [6, 6.07) is 7.59. The number of aliphatic imine (C=N–C) groups is 1. The summed E-state index contributed by atoms with van der Waals surface area (Å²) >= 11 is 0. The van der Waals surface area contributed by atoms with E-state index in [-0.39, 0.29) is 12.3 Å². The molecule has 0 unspecified atom stereocenters. The number of nitrogens with zero attached hydrogens (tertiary/aromatic N) is 2. The zero-order chi connectivity index (χ0) is 16.7. The van der Waals surface area contributed by atoms with E-state index in [0.717, 1.165) is 0 Å². The number of para-hydroxylation sites is 1. The van der Waals surface area contributed by atoms with Crippen molar-refractivity contribution in [1.82, 2.24) is 15.8 Å². The molecule has 1 aromatic heterocycles. The number of hydrogen-bond acceptors (Lipinski definition) is 4. The number of guanidine groups is 1. The van der Waals surface area contributed by atoms with Gasteiger partial charge in [0.15, 0.2) is 5.96 Å². The quantitative estimate of drug-likeness (QED) is 0.651. The Morgan fingerprint density at radius 3 is 2.61 bits per heavy atom. The predicted molar refractivity (Wildman–Crippen MR) is 76.7 cm³/mol. The van der Waals surface area contributed by atoms with Crippen molar-refractivity contribution >= 4 is 5.96 Å². The van der Waals surface area contributed by atoms with Gasteiger partial charge in [-0.3, -0.25) is 4.99 Å². The molecule has 0 aliphatic rings. The van der Waals surface area contributed by atoms with Crippen LogP contribution in [0.3, 0.4) is 0 Å². The van der Waals surface area contributed by atoms with E-state index in [1.165, 1.54) is 18.4 Å². The number of hydrogen-bond donors (Lipinski definition) is 2. The van der Waals surface area contributed by atoms with Gasteiger partial charge in [0.05, 0.1) is 6.54 Å². The Labute approximate surface area is 130 Å². The van der Waals surface area contributed by atoms with Gasteiger partial charge >= 0.3 is 6.36 Å². The maximum Gasteiger partial charge on any atom is 0.573 e. The summed E-state index contributed by atoms with van der Waals surface area (Å²) in [6.07, 6.45) is -3.29. The average Bonchev–Trinajstić information content (AvgIpc) is 3.01. The second-order valence-electron chi connectivity index (χ2n) is 4.43. The van der Waals surface area contributed by atoms with E-state index < -0.39 is 6.36 Å². The fourth-order valence-corrected chi connectivity index (χ4v) is 1.78. The molecule has 9 heteroatoms. The molecule has 0 saturated carbocycles. The predicted octanol–water partition coefficient (Wildman–Crippen LogP) is 2.44. The molecule has 0 amide bonds.